The van der Waals surface area contributed by atoms with E-state index in [0.29, 0.717) is 19.3 Å². The number of nitrogens with zero attached hydrogens (tertiary/aromatic N) is 2. The standard InChI is InChI=1S/C57H69N11O8/c1-31(2)24-46-57(76)68-23-13-21-48(68)54(73)62-43(25-34-28-58-40-17-9-6-14-37(34)40)50(69)61-33(5)56(75)67-22-12-20-47(67)53(72)63-45(27-36-30-60-42-19-11-8-16-39(36)42)52(71)66-49(32(3)4)55(74)64-44(51(70)65-46)26-35-29-59-41-18-10-7-15-38(35)41/h6-11,14-19,28-33,43-49,58-60H,12-13,20-27H2,1-5H3,(H,61,69)(H,62,73)(H,63,72)(H,64,74)(H,65,70)(H,66,71)/t33-,43-,44-,45-,46-,47+,48-,49-/m0/s1. The first-order valence-corrected chi connectivity index (χ1v) is 26.6. The van der Waals surface area contributed by atoms with Crippen LogP contribution in [0.25, 0.3) is 32.7 Å². The third-order valence-electron chi connectivity index (χ3n) is 15.2. The molecule has 8 atom stereocenters. The fourth-order valence-electron chi connectivity index (χ4n) is 11.2. The summed E-state index contributed by atoms with van der Waals surface area (Å²) in [7, 11) is 0. The fourth-order valence-corrected chi connectivity index (χ4v) is 11.2. The van der Waals surface area contributed by atoms with E-state index in [2.05, 4.69) is 46.9 Å². The summed E-state index contributed by atoms with van der Waals surface area (Å²) in [6.45, 7) is 9.29. The van der Waals surface area contributed by atoms with Crippen molar-refractivity contribution in [2.24, 2.45) is 11.8 Å². The normalized spacial score (nSPS) is 25.0. The lowest BCUT2D eigenvalue weighted by atomic mass is 9.98. The summed E-state index contributed by atoms with van der Waals surface area (Å²) >= 11 is 0. The topological polar surface area (TPSA) is 263 Å². The quantitative estimate of drug-likeness (QED) is 0.103. The molecule has 19 heteroatoms. The second-order valence-electron chi connectivity index (χ2n) is 21.4. The van der Waals surface area contributed by atoms with E-state index in [1.165, 1.54) is 16.7 Å². The first kappa shape index (κ1) is 52.9. The first-order valence-electron chi connectivity index (χ1n) is 26.6. The second kappa shape index (κ2) is 22.9. The lowest BCUT2D eigenvalue weighted by Gasteiger charge is -2.32. The van der Waals surface area contributed by atoms with Gasteiger partial charge in [0.15, 0.2) is 0 Å². The van der Waals surface area contributed by atoms with Gasteiger partial charge in [0, 0.05) is 83.7 Å². The van der Waals surface area contributed by atoms with Crippen LogP contribution in [-0.2, 0) is 57.6 Å². The highest BCUT2D eigenvalue weighted by molar-refractivity contribution is 6.00. The van der Waals surface area contributed by atoms with Crippen LogP contribution in [0.4, 0.5) is 0 Å². The number of hydrogen-bond acceptors (Lipinski definition) is 8. The number of para-hydroxylation sites is 3. The number of carbonyl (C=O) groups is 8. The molecule has 0 saturated carbocycles. The third-order valence-corrected chi connectivity index (χ3v) is 15.2. The number of rotatable bonds is 9. The Balaban J connectivity index is 1.08. The Morgan fingerprint density at radius 1 is 0.461 bits per heavy atom. The summed E-state index contributed by atoms with van der Waals surface area (Å²) in [6, 6.07) is 13.5. The molecule has 3 aromatic carbocycles. The predicted octanol–water partition coefficient (Wildman–Crippen LogP) is 3.78. The van der Waals surface area contributed by atoms with E-state index in [9.17, 15) is 38.4 Å². The Labute approximate surface area is 440 Å². The summed E-state index contributed by atoms with van der Waals surface area (Å²) < 4.78 is 0. The summed E-state index contributed by atoms with van der Waals surface area (Å²) in [4.78, 5) is 130. The van der Waals surface area contributed by atoms with Crippen molar-refractivity contribution >= 4 is 80.0 Å². The summed E-state index contributed by atoms with van der Waals surface area (Å²) in [6.07, 6.45) is 7.08. The largest absolute Gasteiger partial charge is 0.361 e. The molecule has 9 N–H and O–H groups in total. The van der Waals surface area contributed by atoms with E-state index < -0.39 is 102 Å². The van der Waals surface area contributed by atoms with Crippen LogP contribution < -0.4 is 31.9 Å². The third kappa shape index (κ3) is 11.5. The van der Waals surface area contributed by atoms with Gasteiger partial charge in [-0.25, -0.2) is 0 Å². The van der Waals surface area contributed by atoms with Crippen molar-refractivity contribution in [3.63, 3.8) is 0 Å². The molecular formula is C57H69N11O8. The maximum absolute atomic E-state index is 14.9. The zero-order chi connectivity index (χ0) is 53.8. The van der Waals surface area contributed by atoms with Crippen LogP contribution in [0.2, 0.25) is 0 Å². The molecule has 0 radical (unpaired) electrons. The molecule has 3 aliphatic rings. The minimum absolute atomic E-state index is 0.00599. The fraction of sp³-hybridized carbons (Fsp3) is 0.439. The number of H-pyrrole nitrogens is 3. The number of amides is 8. The zero-order valence-electron chi connectivity index (χ0n) is 43.7. The number of carbonyl (C=O) groups excluding carboxylic acids is 8. The SMILES string of the molecule is CC(C)C[C@@H]1NC(=O)[C@H](Cc2c[nH]c3ccccc23)NC(=O)[C@H](C(C)C)NC(=O)[C@H](Cc2c[nH]c3ccccc23)NC(=O)[C@H]2CCCN2C(=O)[C@H](C)NC(=O)[C@H](Cc2c[nH]c3ccccc23)NC(=O)[C@@H]2CCCN2C1=O. The number of nitrogens with one attached hydrogen (secondary N) is 9. The van der Waals surface area contributed by atoms with Crippen LogP contribution in [0.15, 0.2) is 91.4 Å². The van der Waals surface area contributed by atoms with Crippen LogP contribution >= 0.6 is 0 Å². The van der Waals surface area contributed by atoms with Gasteiger partial charge in [-0.15, -0.1) is 0 Å². The first-order chi connectivity index (χ1) is 36.5. The zero-order valence-corrected chi connectivity index (χ0v) is 43.7. The highest BCUT2D eigenvalue weighted by Crippen LogP contribution is 2.26. The average molecular weight is 1040 g/mol. The smallest absolute Gasteiger partial charge is 0.245 e. The Morgan fingerprint density at radius 2 is 0.842 bits per heavy atom. The molecular weight excluding hydrogens is 967 g/mol. The minimum Gasteiger partial charge on any atom is -0.361 e. The van der Waals surface area contributed by atoms with Gasteiger partial charge < -0.3 is 56.7 Å². The van der Waals surface area contributed by atoms with E-state index >= 15 is 0 Å². The van der Waals surface area contributed by atoms with E-state index in [4.69, 9.17) is 0 Å². The lowest BCUT2D eigenvalue weighted by Crippen LogP contribution is -2.62. The van der Waals surface area contributed by atoms with Crippen molar-refractivity contribution in [3.8, 4) is 0 Å². The summed E-state index contributed by atoms with van der Waals surface area (Å²) in [5.74, 6) is -5.40. The minimum atomic E-state index is -1.26. The Kier molecular flexibility index (Phi) is 15.9. The van der Waals surface area contributed by atoms with Crippen molar-refractivity contribution in [2.45, 2.75) is 134 Å². The number of hydrogen-bond donors (Lipinski definition) is 9. The highest BCUT2D eigenvalue weighted by atomic mass is 16.2. The van der Waals surface area contributed by atoms with Gasteiger partial charge >= 0.3 is 0 Å². The predicted molar refractivity (Wildman–Crippen MR) is 287 cm³/mol. The van der Waals surface area contributed by atoms with Gasteiger partial charge in [-0.2, -0.15) is 0 Å². The van der Waals surface area contributed by atoms with E-state index in [0.717, 1.165) is 49.4 Å². The second-order valence-corrected chi connectivity index (χ2v) is 21.4. The molecule has 6 heterocycles. The van der Waals surface area contributed by atoms with Crippen LogP contribution in [0.1, 0.15) is 83.4 Å². The van der Waals surface area contributed by atoms with E-state index in [-0.39, 0.29) is 51.1 Å². The molecule has 0 aliphatic carbocycles. The number of aromatic amines is 3. The van der Waals surface area contributed by atoms with E-state index in [1.54, 1.807) is 32.4 Å². The lowest BCUT2D eigenvalue weighted by molar-refractivity contribution is -0.143. The van der Waals surface area contributed by atoms with Crippen LogP contribution in [-0.4, -0.2) is 133 Å². The molecule has 9 rings (SSSR count). The Hall–Kier alpha value is -7.96. The molecule has 3 fully saturated rings. The maximum atomic E-state index is 14.9. The monoisotopic (exact) mass is 1040 g/mol. The highest BCUT2D eigenvalue weighted by Gasteiger charge is 2.43. The van der Waals surface area contributed by atoms with E-state index in [1.807, 2.05) is 86.6 Å². The molecule has 400 valence electrons. The number of fused-ring (bicyclic) bond motifs is 5. The molecule has 3 aliphatic heterocycles. The van der Waals surface area contributed by atoms with Crippen LogP contribution in [0.3, 0.4) is 0 Å². The molecule has 6 aromatic rings. The van der Waals surface area contributed by atoms with Gasteiger partial charge in [-0.05, 0) is 85.8 Å². The maximum Gasteiger partial charge on any atom is 0.245 e. The average Bonchev–Trinajstić information content (AvgIpc) is 4.28. The Bertz CT molecular complexity index is 3160. The van der Waals surface area contributed by atoms with Gasteiger partial charge in [0.05, 0.1) is 0 Å². The van der Waals surface area contributed by atoms with Crippen molar-refractivity contribution in [1.82, 2.24) is 56.7 Å². The number of aromatic nitrogens is 3. The van der Waals surface area contributed by atoms with Gasteiger partial charge in [-0.3, -0.25) is 38.4 Å². The number of benzene rings is 3. The van der Waals surface area contributed by atoms with Gasteiger partial charge in [0.1, 0.15) is 48.3 Å². The molecule has 0 unspecified atom stereocenters. The van der Waals surface area contributed by atoms with Gasteiger partial charge in [-0.1, -0.05) is 82.3 Å². The van der Waals surface area contributed by atoms with Gasteiger partial charge in [0.2, 0.25) is 47.3 Å². The van der Waals surface area contributed by atoms with Crippen LogP contribution in [0.5, 0.6) is 0 Å². The molecule has 0 spiro atoms. The van der Waals surface area contributed by atoms with Crippen molar-refractivity contribution in [2.75, 3.05) is 13.1 Å². The molecule has 76 heavy (non-hydrogen) atoms. The van der Waals surface area contributed by atoms with Crippen LogP contribution in [0, 0.1) is 11.8 Å². The molecule has 3 aromatic heterocycles. The van der Waals surface area contributed by atoms with Crippen molar-refractivity contribution in [3.05, 3.63) is 108 Å². The molecule has 8 amide bonds. The van der Waals surface area contributed by atoms with Crippen molar-refractivity contribution < 1.29 is 38.4 Å². The van der Waals surface area contributed by atoms with Gasteiger partial charge in [0.25, 0.3) is 0 Å². The Morgan fingerprint density at radius 3 is 1.28 bits per heavy atom. The molecule has 19 nitrogen and oxygen atoms in total. The van der Waals surface area contributed by atoms with Crippen molar-refractivity contribution in [1.29, 1.82) is 0 Å². The molecule has 0 bridgehead atoms. The summed E-state index contributed by atoms with van der Waals surface area (Å²) in [5, 5.41) is 20.0. The molecule has 3 saturated heterocycles. The summed E-state index contributed by atoms with van der Waals surface area (Å²) in [5.41, 5.74) is 4.64.